The van der Waals surface area contributed by atoms with Gasteiger partial charge in [0.2, 0.25) is 5.91 Å². The lowest BCUT2D eigenvalue weighted by Gasteiger charge is -2.22. The van der Waals surface area contributed by atoms with Gasteiger partial charge >= 0.3 is 5.97 Å². The van der Waals surface area contributed by atoms with Gasteiger partial charge in [-0.15, -0.1) is 23.1 Å². The molecule has 2 atom stereocenters. The highest BCUT2D eigenvalue weighted by Crippen LogP contribution is 2.28. The zero-order chi connectivity index (χ0) is 22.5. The number of aliphatic hydroxyl groups is 1. The molecule has 0 spiro atoms. The van der Waals surface area contributed by atoms with Crippen molar-refractivity contribution in [3.63, 3.8) is 0 Å². The van der Waals surface area contributed by atoms with Gasteiger partial charge in [0.25, 0.3) is 0 Å². The van der Waals surface area contributed by atoms with Crippen LogP contribution >= 0.6 is 23.1 Å². The predicted molar refractivity (Wildman–Crippen MR) is 130 cm³/mol. The molecule has 2 aromatic carbocycles. The van der Waals surface area contributed by atoms with Gasteiger partial charge < -0.3 is 15.1 Å². The third-order valence-electron chi connectivity index (χ3n) is 5.59. The smallest absolute Gasteiger partial charge is 0.336 e. The number of carboxylic acid groups (broad SMARTS) is 1. The lowest BCUT2D eigenvalue weighted by Crippen LogP contribution is -2.33. The molecule has 0 bridgehead atoms. The van der Waals surface area contributed by atoms with Crippen LogP contribution < -0.4 is 0 Å². The molecule has 2 heterocycles. The molecule has 7 heteroatoms. The molecule has 166 valence electrons. The molecule has 4 rings (SSSR count). The predicted octanol–water partition coefficient (Wildman–Crippen LogP) is 4.84. The zero-order valence-corrected chi connectivity index (χ0v) is 19.1. The second-order valence-electron chi connectivity index (χ2n) is 7.84. The first-order valence-corrected chi connectivity index (χ1v) is 12.4. The van der Waals surface area contributed by atoms with E-state index in [4.69, 9.17) is 5.11 Å². The van der Waals surface area contributed by atoms with E-state index in [0.29, 0.717) is 30.7 Å². The van der Waals surface area contributed by atoms with E-state index in [-0.39, 0.29) is 11.9 Å². The molecule has 1 aliphatic rings. The zero-order valence-electron chi connectivity index (χ0n) is 17.5. The fraction of sp³-hybridized carbons (Fsp3) is 0.280. The molecule has 1 amide bonds. The number of fused-ring (bicyclic) bond motifs is 1. The van der Waals surface area contributed by atoms with E-state index in [1.807, 2.05) is 29.2 Å². The van der Waals surface area contributed by atoms with Crippen LogP contribution in [0.1, 0.15) is 28.8 Å². The number of carbonyl (C=O) groups excluding carboxylic acids is 1. The third-order valence-corrected chi connectivity index (χ3v) is 7.74. The van der Waals surface area contributed by atoms with E-state index in [9.17, 15) is 14.7 Å². The van der Waals surface area contributed by atoms with Crippen LogP contribution in [0.4, 0.5) is 0 Å². The number of hydrogen-bond donors (Lipinski definition) is 2. The van der Waals surface area contributed by atoms with Gasteiger partial charge in [-0.2, -0.15) is 0 Å². The van der Waals surface area contributed by atoms with Crippen LogP contribution in [0.5, 0.6) is 0 Å². The Hall–Kier alpha value is -2.61. The topological polar surface area (TPSA) is 77.8 Å². The van der Waals surface area contributed by atoms with Crippen molar-refractivity contribution in [1.29, 1.82) is 0 Å². The summed E-state index contributed by atoms with van der Waals surface area (Å²) in [4.78, 5) is 25.2. The van der Waals surface area contributed by atoms with Crippen molar-refractivity contribution >= 4 is 45.7 Å². The maximum Gasteiger partial charge on any atom is 0.336 e. The minimum atomic E-state index is -0.921. The van der Waals surface area contributed by atoms with E-state index in [0.717, 1.165) is 21.6 Å². The van der Waals surface area contributed by atoms with Crippen molar-refractivity contribution in [3.05, 3.63) is 77.2 Å². The highest BCUT2D eigenvalue weighted by molar-refractivity contribution is 8.01. The summed E-state index contributed by atoms with van der Waals surface area (Å²) in [7, 11) is 0. The number of thioether (sulfide) groups is 1. The van der Waals surface area contributed by atoms with Gasteiger partial charge in [-0.25, -0.2) is 4.79 Å². The molecule has 32 heavy (non-hydrogen) atoms. The van der Waals surface area contributed by atoms with Crippen molar-refractivity contribution in [1.82, 2.24) is 4.90 Å². The number of hydrogen-bond acceptors (Lipinski definition) is 5. The number of aromatic carboxylic acids is 1. The largest absolute Gasteiger partial charge is 0.478 e. The summed E-state index contributed by atoms with van der Waals surface area (Å²) in [5, 5.41) is 23.5. The van der Waals surface area contributed by atoms with Crippen LogP contribution in [0.3, 0.4) is 0 Å². The van der Waals surface area contributed by atoms with Crippen molar-refractivity contribution < 1.29 is 19.8 Å². The first-order chi connectivity index (χ1) is 15.5. The Morgan fingerprint density at radius 3 is 2.81 bits per heavy atom. The number of rotatable bonds is 9. The number of amides is 1. The summed E-state index contributed by atoms with van der Waals surface area (Å²) in [5.74, 6) is -0.0908. The first-order valence-electron chi connectivity index (χ1n) is 10.6. The van der Waals surface area contributed by atoms with E-state index in [1.165, 1.54) is 16.7 Å². The molecule has 0 unspecified atom stereocenters. The maximum atomic E-state index is 12.3. The van der Waals surface area contributed by atoms with Crippen LogP contribution in [-0.2, 0) is 11.2 Å². The molecule has 1 fully saturated rings. The summed E-state index contributed by atoms with van der Waals surface area (Å²) in [5.41, 5.74) is 1.38. The van der Waals surface area contributed by atoms with Crippen molar-refractivity contribution in [2.45, 2.75) is 35.6 Å². The third kappa shape index (κ3) is 5.59. The molecule has 1 aliphatic heterocycles. The van der Waals surface area contributed by atoms with Crippen LogP contribution in [0, 0.1) is 0 Å². The SMILES string of the molecule is O=C(O)c1csc(SCCN2C(=O)CC[C@@H]2/C=C/[C@@H](O)Cc2ccc3ccccc3c2)c1. The molecule has 5 nitrogen and oxygen atoms in total. The number of carboxylic acids is 1. The minimum Gasteiger partial charge on any atom is -0.478 e. The van der Waals surface area contributed by atoms with Gasteiger partial charge in [0.1, 0.15) is 0 Å². The molecule has 0 aliphatic carbocycles. The second kappa shape index (κ2) is 10.3. The Bertz CT molecular complexity index is 1140. The van der Waals surface area contributed by atoms with E-state index >= 15 is 0 Å². The molecule has 1 aromatic heterocycles. The fourth-order valence-corrected chi connectivity index (χ4v) is 5.90. The number of carbonyl (C=O) groups is 2. The number of thiophene rings is 1. The number of benzene rings is 2. The average molecular weight is 468 g/mol. The average Bonchev–Trinajstić information content (AvgIpc) is 3.40. The van der Waals surface area contributed by atoms with Gasteiger partial charge in [-0.3, -0.25) is 4.79 Å². The molecule has 0 radical (unpaired) electrons. The lowest BCUT2D eigenvalue weighted by molar-refractivity contribution is -0.128. The summed E-state index contributed by atoms with van der Waals surface area (Å²) >= 11 is 2.97. The summed E-state index contributed by atoms with van der Waals surface area (Å²) in [6, 6.07) is 16.1. The molecule has 2 N–H and O–H groups in total. The van der Waals surface area contributed by atoms with Crippen molar-refractivity contribution in [2.24, 2.45) is 0 Å². The highest BCUT2D eigenvalue weighted by Gasteiger charge is 2.28. The highest BCUT2D eigenvalue weighted by atomic mass is 32.2. The van der Waals surface area contributed by atoms with E-state index in [1.54, 1.807) is 29.3 Å². The van der Waals surface area contributed by atoms with Crippen molar-refractivity contribution in [3.8, 4) is 0 Å². The lowest BCUT2D eigenvalue weighted by atomic mass is 10.0. The van der Waals surface area contributed by atoms with E-state index in [2.05, 4.69) is 24.3 Å². The monoisotopic (exact) mass is 467 g/mol. The second-order valence-corrected chi connectivity index (χ2v) is 10.1. The van der Waals surface area contributed by atoms with Gasteiger partial charge in [0.05, 0.1) is 21.9 Å². The van der Waals surface area contributed by atoms with Crippen LogP contribution in [0.15, 0.2) is 70.3 Å². The van der Waals surface area contributed by atoms with Crippen LogP contribution in [0.2, 0.25) is 0 Å². The number of aliphatic hydroxyl groups excluding tert-OH is 1. The summed E-state index contributed by atoms with van der Waals surface area (Å²) in [6.07, 6.45) is 4.95. The van der Waals surface area contributed by atoms with Crippen molar-refractivity contribution in [2.75, 3.05) is 12.3 Å². The normalized spacial score (nSPS) is 17.5. The molecule has 0 saturated carbocycles. The van der Waals surface area contributed by atoms with Crippen LogP contribution in [-0.4, -0.2) is 51.4 Å². The Balaban J connectivity index is 1.31. The quantitative estimate of drug-likeness (QED) is 0.348. The Kier molecular flexibility index (Phi) is 7.29. The first kappa shape index (κ1) is 22.6. The summed E-state index contributed by atoms with van der Waals surface area (Å²) < 4.78 is 0.937. The number of likely N-dealkylation sites (tertiary alicyclic amines) is 1. The van der Waals surface area contributed by atoms with Gasteiger partial charge in [-0.1, -0.05) is 54.6 Å². The van der Waals surface area contributed by atoms with Gasteiger partial charge in [-0.05, 0) is 28.8 Å². The van der Waals surface area contributed by atoms with Crippen LogP contribution in [0.25, 0.3) is 10.8 Å². The summed E-state index contributed by atoms with van der Waals surface area (Å²) in [6.45, 7) is 0.597. The van der Waals surface area contributed by atoms with Gasteiger partial charge in [0.15, 0.2) is 0 Å². The molecular formula is C25H25NO4S2. The maximum absolute atomic E-state index is 12.3. The molecule has 1 saturated heterocycles. The molecule has 3 aromatic rings. The minimum absolute atomic E-state index is 0.00716. The fourth-order valence-electron chi connectivity index (χ4n) is 3.93. The molecular weight excluding hydrogens is 442 g/mol. The Labute approximate surface area is 195 Å². The Morgan fingerprint density at radius 1 is 1.22 bits per heavy atom. The van der Waals surface area contributed by atoms with Gasteiger partial charge in [0, 0.05) is 30.5 Å². The Morgan fingerprint density at radius 2 is 2.03 bits per heavy atom. The number of nitrogens with zero attached hydrogens (tertiary/aromatic N) is 1. The van der Waals surface area contributed by atoms with E-state index < -0.39 is 12.1 Å². The standard InChI is InChI=1S/C25H25NO4S2/c27-22(14-17-5-6-18-3-1-2-4-19(18)13-17)9-7-21-8-10-23(28)26(21)11-12-31-24-15-20(16-32-24)25(29)30/h1-7,9,13,15-16,21-22,27H,8,10-12,14H2,(H,29,30)/b9-7+/t21-,22+/m0/s1.